The summed E-state index contributed by atoms with van der Waals surface area (Å²) in [6, 6.07) is 11.1. The first-order chi connectivity index (χ1) is 8.84. The van der Waals surface area contributed by atoms with E-state index in [9.17, 15) is 0 Å². The maximum Gasteiger partial charge on any atom is 0.192 e. The third-order valence-electron chi connectivity index (χ3n) is 1.96. The van der Waals surface area contributed by atoms with Crippen molar-refractivity contribution < 1.29 is 0 Å². The third kappa shape index (κ3) is 3.91. The Morgan fingerprint density at radius 1 is 1.11 bits per heavy atom. The lowest BCUT2D eigenvalue weighted by atomic mass is 10.4. The smallest absolute Gasteiger partial charge is 0.192 e. The van der Waals surface area contributed by atoms with Crippen molar-refractivity contribution >= 4 is 29.4 Å². The SMILES string of the molecule is S=C(NN=Cc1ccccn1)Nc1ccccn1. The molecule has 0 atom stereocenters. The minimum Gasteiger partial charge on any atom is -0.316 e. The Balaban J connectivity index is 1.84. The van der Waals surface area contributed by atoms with E-state index < -0.39 is 0 Å². The van der Waals surface area contributed by atoms with Crippen molar-refractivity contribution in [2.45, 2.75) is 0 Å². The second kappa shape index (κ2) is 6.41. The van der Waals surface area contributed by atoms with Crippen LogP contribution in [0.25, 0.3) is 0 Å². The van der Waals surface area contributed by atoms with Crippen molar-refractivity contribution in [3.63, 3.8) is 0 Å². The predicted octanol–water partition coefficient (Wildman–Crippen LogP) is 1.80. The molecule has 2 aromatic heterocycles. The summed E-state index contributed by atoms with van der Waals surface area (Å²) >= 11 is 5.06. The lowest BCUT2D eigenvalue weighted by Crippen LogP contribution is -2.24. The van der Waals surface area contributed by atoms with Gasteiger partial charge in [-0.2, -0.15) is 5.10 Å². The fraction of sp³-hybridized carbons (Fsp3) is 0. The van der Waals surface area contributed by atoms with Crippen molar-refractivity contribution in [3.05, 3.63) is 54.5 Å². The number of anilines is 1. The zero-order valence-corrected chi connectivity index (χ0v) is 10.3. The fourth-order valence-electron chi connectivity index (χ4n) is 1.19. The largest absolute Gasteiger partial charge is 0.316 e. The molecule has 0 fully saturated rings. The first-order valence-corrected chi connectivity index (χ1v) is 5.67. The number of rotatable bonds is 3. The summed E-state index contributed by atoms with van der Waals surface area (Å²) < 4.78 is 0. The summed E-state index contributed by atoms with van der Waals surface area (Å²) in [5, 5.41) is 7.25. The summed E-state index contributed by atoms with van der Waals surface area (Å²) in [6.07, 6.45) is 4.97. The summed E-state index contributed by atoms with van der Waals surface area (Å²) in [5.41, 5.74) is 3.44. The van der Waals surface area contributed by atoms with Crippen LogP contribution in [0.1, 0.15) is 5.69 Å². The van der Waals surface area contributed by atoms with Gasteiger partial charge in [0.05, 0.1) is 11.9 Å². The first-order valence-electron chi connectivity index (χ1n) is 5.27. The highest BCUT2D eigenvalue weighted by Crippen LogP contribution is 1.98. The lowest BCUT2D eigenvalue weighted by molar-refractivity contribution is 1.04. The average Bonchev–Trinajstić information content (AvgIpc) is 2.41. The number of hydrazone groups is 1. The molecule has 0 radical (unpaired) electrons. The Hall–Kier alpha value is -2.34. The molecule has 0 aliphatic heterocycles. The van der Waals surface area contributed by atoms with E-state index in [1.807, 2.05) is 36.4 Å². The van der Waals surface area contributed by atoms with Gasteiger partial charge in [0.25, 0.3) is 0 Å². The highest BCUT2D eigenvalue weighted by Gasteiger charge is 1.95. The maximum atomic E-state index is 5.06. The van der Waals surface area contributed by atoms with Gasteiger partial charge in [0, 0.05) is 12.4 Å². The van der Waals surface area contributed by atoms with E-state index in [0.717, 1.165) is 5.69 Å². The molecule has 2 N–H and O–H groups in total. The molecule has 6 heteroatoms. The molecule has 18 heavy (non-hydrogen) atoms. The second-order valence-corrected chi connectivity index (χ2v) is 3.70. The van der Waals surface area contributed by atoms with Gasteiger partial charge >= 0.3 is 0 Å². The Morgan fingerprint density at radius 2 is 1.89 bits per heavy atom. The van der Waals surface area contributed by atoms with Crippen LogP contribution >= 0.6 is 12.2 Å². The van der Waals surface area contributed by atoms with Gasteiger partial charge in [-0.3, -0.25) is 10.4 Å². The zero-order chi connectivity index (χ0) is 12.6. The minimum atomic E-state index is 0.376. The molecule has 0 saturated carbocycles. The molecule has 2 heterocycles. The molecule has 0 bridgehead atoms. The normalized spacial score (nSPS) is 10.2. The van der Waals surface area contributed by atoms with Crippen molar-refractivity contribution in [2.75, 3.05) is 5.32 Å². The van der Waals surface area contributed by atoms with E-state index in [0.29, 0.717) is 10.9 Å². The summed E-state index contributed by atoms with van der Waals surface area (Å²) in [4.78, 5) is 8.18. The molecule has 0 aliphatic carbocycles. The predicted molar refractivity (Wildman–Crippen MR) is 75.4 cm³/mol. The number of pyridine rings is 2. The number of aromatic nitrogens is 2. The van der Waals surface area contributed by atoms with E-state index in [4.69, 9.17) is 12.2 Å². The van der Waals surface area contributed by atoms with Crippen LogP contribution in [0.4, 0.5) is 5.82 Å². The summed E-state index contributed by atoms with van der Waals surface area (Å²) in [7, 11) is 0. The molecule has 0 aliphatic rings. The molecule has 0 amide bonds. The van der Waals surface area contributed by atoms with E-state index in [1.54, 1.807) is 18.6 Å². The van der Waals surface area contributed by atoms with Crippen molar-refractivity contribution in [3.8, 4) is 0 Å². The highest BCUT2D eigenvalue weighted by molar-refractivity contribution is 7.80. The van der Waals surface area contributed by atoms with Gasteiger partial charge in [-0.15, -0.1) is 0 Å². The van der Waals surface area contributed by atoms with Crippen molar-refractivity contribution in [1.82, 2.24) is 15.4 Å². The van der Waals surface area contributed by atoms with Gasteiger partial charge in [0.1, 0.15) is 5.82 Å². The van der Waals surface area contributed by atoms with Crippen LogP contribution in [0.5, 0.6) is 0 Å². The van der Waals surface area contributed by atoms with Crippen LogP contribution in [0.15, 0.2) is 53.9 Å². The monoisotopic (exact) mass is 257 g/mol. The molecule has 5 nitrogen and oxygen atoms in total. The molecular weight excluding hydrogens is 246 g/mol. The Kier molecular flexibility index (Phi) is 4.32. The molecule has 2 rings (SSSR count). The van der Waals surface area contributed by atoms with Crippen LogP contribution in [0.3, 0.4) is 0 Å². The average molecular weight is 257 g/mol. The van der Waals surface area contributed by atoms with Crippen LogP contribution in [0.2, 0.25) is 0 Å². The molecule has 0 spiro atoms. The van der Waals surface area contributed by atoms with E-state index in [1.165, 1.54) is 0 Å². The second-order valence-electron chi connectivity index (χ2n) is 3.29. The fourth-order valence-corrected chi connectivity index (χ4v) is 1.35. The van der Waals surface area contributed by atoms with Gasteiger partial charge in [0.2, 0.25) is 0 Å². The van der Waals surface area contributed by atoms with Crippen molar-refractivity contribution in [1.29, 1.82) is 0 Å². The Morgan fingerprint density at radius 3 is 2.56 bits per heavy atom. The van der Waals surface area contributed by atoms with E-state index >= 15 is 0 Å². The zero-order valence-electron chi connectivity index (χ0n) is 9.45. The van der Waals surface area contributed by atoms with Gasteiger partial charge in [-0.1, -0.05) is 12.1 Å². The molecular formula is C12H11N5S. The molecule has 0 unspecified atom stereocenters. The molecule has 90 valence electrons. The van der Waals surface area contributed by atoms with Gasteiger partial charge in [-0.25, -0.2) is 4.98 Å². The van der Waals surface area contributed by atoms with Crippen molar-refractivity contribution in [2.24, 2.45) is 5.10 Å². The van der Waals surface area contributed by atoms with E-state index in [2.05, 4.69) is 25.8 Å². The highest BCUT2D eigenvalue weighted by atomic mass is 32.1. The molecule has 0 aromatic carbocycles. The standard InChI is InChI=1S/C12H11N5S/c18-12(16-11-6-2-4-8-14-11)17-15-9-10-5-1-3-7-13-10/h1-9H,(H2,14,16,17,18). The van der Waals surface area contributed by atoms with Crippen LogP contribution in [-0.4, -0.2) is 21.3 Å². The summed E-state index contributed by atoms with van der Waals surface area (Å²) in [5.74, 6) is 0.669. The van der Waals surface area contributed by atoms with Crippen LogP contribution < -0.4 is 10.7 Å². The summed E-state index contributed by atoms with van der Waals surface area (Å²) in [6.45, 7) is 0. The first kappa shape index (κ1) is 12.1. The van der Waals surface area contributed by atoms with E-state index in [-0.39, 0.29) is 0 Å². The molecule has 2 aromatic rings. The Bertz CT molecular complexity index is 527. The number of thiocarbonyl (C=S) groups is 1. The lowest BCUT2D eigenvalue weighted by Gasteiger charge is -2.04. The quantitative estimate of drug-likeness (QED) is 0.499. The Labute approximate surface area is 110 Å². The number of nitrogens with one attached hydrogen (secondary N) is 2. The third-order valence-corrected chi connectivity index (χ3v) is 2.15. The van der Waals surface area contributed by atoms with Gasteiger partial charge in [0.15, 0.2) is 5.11 Å². The topological polar surface area (TPSA) is 62.2 Å². The minimum absolute atomic E-state index is 0.376. The van der Waals surface area contributed by atoms with Gasteiger partial charge in [-0.05, 0) is 36.5 Å². The molecule has 0 saturated heterocycles. The number of hydrogen-bond acceptors (Lipinski definition) is 4. The van der Waals surface area contributed by atoms with Crippen LogP contribution in [0, 0.1) is 0 Å². The number of hydrogen-bond donors (Lipinski definition) is 2. The van der Waals surface area contributed by atoms with Crippen LogP contribution in [-0.2, 0) is 0 Å². The maximum absolute atomic E-state index is 5.06. The number of nitrogens with zero attached hydrogens (tertiary/aromatic N) is 3. The van der Waals surface area contributed by atoms with Gasteiger partial charge < -0.3 is 5.32 Å².